The number of rotatable bonds is 4. The van der Waals surface area contributed by atoms with Crippen molar-refractivity contribution in [3.05, 3.63) is 66.4 Å². The Balaban J connectivity index is 1.61. The van der Waals surface area contributed by atoms with E-state index in [1.54, 1.807) is 0 Å². The second-order valence-corrected chi connectivity index (χ2v) is 4.81. The van der Waals surface area contributed by atoms with Gasteiger partial charge in [-0.2, -0.15) is 0 Å². The summed E-state index contributed by atoms with van der Waals surface area (Å²) in [5.41, 5.74) is 3.10. The van der Waals surface area contributed by atoms with Gasteiger partial charge in [0.2, 0.25) is 5.91 Å². The lowest BCUT2D eigenvalue weighted by Gasteiger charge is -2.05. The molecule has 100 valence electrons. The second kappa shape index (κ2) is 5.61. The van der Waals surface area contributed by atoms with Gasteiger partial charge in [0.15, 0.2) is 0 Å². The van der Waals surface area contributed by atoms with Crippen molar-refractivity contribution in [3.63, 3.8) is 0 Å². The lowest BCUT2D eigenvalue weighted by Crippen LogP contribution is -2.12. The molecule has 0 aliphatic carbocycles. The Morgan fingerprint density at radius 2 is 1.90 bits per heavy atom. The maximum absolute atomic E-state index is 11.9. The summed E-state index contributed by atoms with van der Waals surface area (Å²) in [7, 11) is 0. The highest BCUT2D eigenvalue weighted by Gasteiger charge is 2.04. The first-order valence-electron chi connectivity index (χ1n) is 6.72. The van der Waals surface area contributed by atoms with E-state index >= 15 is 0 Å². The van der Waals surface area contributed by atoms with E-state index in [1.165, 1.54) is 5.56 Å². The summed E-state index contributed by atoms with van der Waals surface area (Å²) in [6.07, 6.45) is 3.15. The molecule has 0 radical (unpaired) electrons. The summed E-state index contributed by atoms with van der Waals surface area (Å²) in [5.74, 6) is 0.0451. The topological polar surface area (TPSA) is 44.9 Å². The molecule has 0 bridgehead atoms. The Labute approximate surface area is 117 Å². The molecule has 0 unspecified atom stereocenters. The Morgan fingerprint density at radius 1 is 1.05 bits per heavy atom. The molecule has 2 N–H and O–H groups in total. The summed E-state index contributed by atoms with van der Waals surface area (Å²) in [5, 5.41) is 4.04. The fraction of sp³-hybridized carbons (Fsp3) is 0.118. The van der Waals surface area contributed by atoms with Crippen LogP contribution in [0, 0.1) is 0 Å². The van der Waals surface area contributed by atoms with Gasteiger partial charge in [0, 0.05) is 29.2 Å². The number of anilines is 1. The van der Waals surface area contributed by atoms with E-state index in [2.05, 4.69) is 10.3 Å². The molecule has 0 spiro atoms. The number of benzene rings is 2. The maximum Gasteiger partial charge on any atom is 0.224 e. The number of amides is 1. The SMILES string of the molecule is O=C(CCc1ccccc1)Nc1ccc2[nH]ccc2c1. The molecule has 1 amide bonds. The van der Waals surface area contributed by atoms with E-state index in [9.17, 15) is 4.79 Å². The number of hydrogen-bond acceptors (Lipinski definition) is 1. The van der Waals surface area contributed by atoms with E-state index in [4.69, 9.17) is 0 Å². The molecule has 2 aromatic carbocycles. The second-order valence-electron chi connectivity index (χ2n) is 4.81. The molecule has 0 saturated carbocycles. The number of nitrogens with one attached hydrogen (secondary N) is 2. The van der Waals surface area contributed by atoms with Gasteiger partial charge >= 0.3 is 0 Å². The molecule has 0 saturated heterocycles. The molecule has 3 heteroatoms. The third-order valence-electron chi connectivity index (χ3n) is 3.32. The number of H-pyrrole nitrogens is 1. The number of carbonyl (C=O) groups is 1. The highest BCUT2D eigenvalue weighted by Crippen LogP contribution is 2.18. The zero-order valence-corrected chi connectivity index (χ0v) is 11.1. The summed E-state index contributed by atoms with van der Waals surface area (Å²) in [4.78, 5) is 15.1. The largest absolute Gasteiger partial charge is 0.361 e. The minimum Gasteiger partial charge on any atom is -0.361 e. The molecular formula is C17H16N2O. The summed E-state index contributed by atoms with van der Waals surface area (Å²) in [6.45, 7) is 0. The van der Waals surface area contributed by atoms with Crippen LogP contribution < -0.4 is 5.32 Å². The minimum atomic E-state index is 0.0451. The maximum atomic E-state index is 11.9. The molecule has 3 rings (SSSR count). The first kappa shape index (κ1) is 12.5. The zero-order chi connectivity index (χ0) is 13.8. The van der Waals surface area contributed by atoms with Gasteiger partial charge in [-0.25, -0.2) is 0 Å². The minimum absolute atomic E-state index is 0.0451. The Kier molecular flexibility index (Phi) is 3.50. The van der Waals surface area contributed by atoms with Gasteiger partial charge in [-0.1, -0.05) is 30.3 Å². The normalized spacial score (nSPS) is 10.6. The zero-order valence-electron chi connectivity index (χ0n) is 11.1. The number of aryl methyl sites for hydroxylation is 1. The highest BCUT2D eigenvalue weighted by molar-refractivity contribution is 5.93. The van der Waals surface area contributed by atoms with Crippen molar-refractivity contribution >= 4 is 22.5 Å². The van der Waals surface area contributed by atoms with Gasteiger partial charge in [-0.05, 0) is 36.2 Å². The molecule has 1 aromatic heterocycles. The van der Waals surface area contributed by atoms with Crippen molar-refractivity contribution in [3.8, 4) is 0 Å². The molecule has 0 aliphatic rings. The first-order chi connectivity index (χ1) is 9.81. The Hall–Kier alpha value is -2.55. The van der Waals surface area contributed by atoms with E-state index in [1.807, 2.05) is 60.8 Å². The van der Waals surface area contributed by atoms with Gasteiger partial charge in [-0.15, -0.1) is 0 Å². The van der Waals surface area contributed by atoms with Crippen LogP contribution in [-0.2, 0) is 11.2 Å². The standard InChI is InChI=1S/C17H16N2O/c20-17(9-6-13-4-2-1-3-5-13)19-15-7-8-16-14(12-15)10-11-18-16/h1-5,7-8,10-12,18H,6,9H2,(H,19,20). The molecule has 20 heavy (non-hydrogen) atoms. The van der Waals surface area contributed by atoms with Crippen molar-refractivity contribution in [2.45, 2.75) is 12.8 Å². The molecule has 3 aromatic rings. The summed E-state index contributed by atoms with van der Waals surface area (Å²) in [6, 6.07) is 17.9. The van der Waals surface area contributed by atoms with E-state index in [0.717, 1.165) is 23.0 Å². The number of aromatic amines is 1. The third-order valence-corrected chi connectivity index (χ3v) is 3.32. The van der Waals surface area contributed by atoms with Crippen LogP contribution >= 0.6 is 0 Å². The Morgan fingerprint density at radius 3 is 2.75 bits per heavy atom. The molecular weight excluding hydrogens is 248 g/mol. The van der Waals surface area contributed by atoms with Crippen LogP contribution in [0.2, 0.25) is 0 Å². The van der Waals surface area contributed by atoms with E-state index in [-0.39, 0.29) is 5.91 Å². The van der Waals surface area contributed by atoms with Crippen LogP contribution in [0.25, 0.3) is 10.9 Å². The molecule has 0 atom stereocenters. The van der Waals surface area contributed by atoms with Crippen LogP contribution in [0.1, 0.15) is 12.0 Å². The predicted octanol–water partition coefficient (Wildman–Crippen LogP) is 3.74. The fourth-order valence-electron chi connectivity index (χ4n) is 2.26. The fourth-order valence-corrected chi connectivity index (χ4v) is 2.26. The van der Waals surface area contributed by atoms with Crippen molar-refractivity contribution < 1.29 is 4.79 Å². The van der Waals surface area contributed by atoms with Crippen LogP contribution in [0.15, 0.2) is 60.8 Å². The molecule has 0 fully saturated rings. The first-order valence-corrected chi connectivity index (χ1v) is 6.72. The van der Waals surface area contributed by atoms with Crippen LogP contribution in [0.5, 0.6) is 0 Å². The van der Waals surface area contributed by atoms with Gasteiger partial charge in [0.05, 0.1) is 0 Å². The molecule has 0 aliphatic heterocycles. The number of aromatic nitrogens is 1. The van der Waals surface area contributed by atoms with Crippen LogP contribution in [0.3, 0.4) is 0 Å². The summed E-state index contributed by atoms with van der Waals surface area (Å²) >= 11 is 0. The summed E-state index contributed by atoms with van der Waals surface area (Å²) < 4.78 is 0. The molecule has 3 nitrogen and oxygen atoms in total. The number of hydrogen-bond donors (Lipinski definition) is 2. The van der Waals surface area contributed by atoms with Gasteiger partial charge < -0.3 is 10.3 Å². The van der Waals surface area contributed by atoms with Gasteiger partial charge in [0.25, 0.3) is 0 Å². The van der Waals surface area contributed by atoms with Gasteiger partial charge in [-0.3, -0.25) is 4.79 Å². The van der Waals surface area contributed by atoms with Crippen LogP contribution in [-0.4, -0.2) is 10.9 Å². The van der Waals surface area contributed by atoms with Crippen LogP contribution in [0.4, 0.5) is 5.69 Å². The predicted molar refractivity (Wildman–Crippen MR) is 81.7 cm³/mol. The van der Waals surface area contributed by atoms with Crippen molar-refractivity contribution in [2.24, 2.45) is 0 Å². The quantitative estimate of drug-likeness (QED) is 0.740. The monoisotopic (exact) mass is 264 g/mol. The number of carbonyl (C=O) groups excluding carboxylic acids is 1. The van der Waals surface area contributed by atoms with Crippen molar-refractivity contribution in [1.82, 2.24) is 4.98 Å². The molecule has 1 heterocycles. The Bertz CT molecular complexity index is 716. The third kappa shape index (κ3) is 2.88. The highest BCUT2D eigenvalue weighted by atomic mass is 16.1. The average Bonchev–Trinajstić information content (AvgIpc) is 2.94. The van der Waals surface area contributed by atoms with E-state index in [0.29, 0.717) is 6.42 Å². The number of fused-ring (bicyclic) bond motifs is 1. The van der Waals surface area contributed by atoms with E-state index < -0.39 is 0 Å². The van der Waals surface area contributed by atoms with Gasteiger partial charge in [0.1, 0.15) is 0 Å². The lowest BCUT2D eigenvalue weighted by atomic mass is 10.1. The lowest BCUT2D eigenvalue weighted by molar-refractivity contribution is -0.116. The van der Waals surface area contributed by atoms with Crippen molar-refractivity contribution in [1.29, 1.82) is 0 Å². The average molecular weight is 264 g/mol. The van der Waals surface area contributed by atoms with Crippen molar-refractivity contribution in [2.75, 3.05) is 5.32 Å². The smallest absolute Gasteiger partial charge is 0.224 e.